The standard InChI is InChI=1S/C14H19N/c1-12(2)14-8-9-15(11-14)10-13-6-4-3-5-7-13/h3-7,14H,1,8-11H2,2H3. The lowest BCUT2D eigenvalue weighted by Crippen LogP contribution is -2.20. The minimum Gasteiger partial charge on any atom is -0.298 e. The molecule has 0 aliphatic carbocycles. The fourth-order valence-corrected chi connectivity index (χ4v) is 2.22. The van der Waals surface area contributed by atoms with Gasteiger partial charge in [-0.2, -0.15) is 0 Å². The summed E-state index contributed by atoms with van der Waals surface area (Å²) in [5.74, 6) is 0.716. The normalized spacial score (nSPS) is 21.8. The zero-order valence-corrected chi connectivity index (χ0v) is 9.45. The second-order valence-electron chi connectivity index (χ2n) is 4.55. The monoisotopic (exact) mass is 201 g/mol. The molecule has 0 radical (unpaired) electrons. The summed E-state index contributed by atoms with van der Waals surface area (Å²) in [4.78, 5) is 2.52. The molecule has 1 fully saturated rings. The van der Waals surface area contributed by atoms with Gasteiger partial charge in [0, 0.05) is 13.1 Å². The van der Waals surface area contributed by atoms with Crippen molar-refractivity contribution in [2.75, 3.05) is 13.1 Å². The number of benzene rings is 1. The number of likely N-dealkylation sites (tertiary alicyclic amines) is 1. The number of hydrogen-bond donors (Lipinski definition) is 0. The van der Waals surface area contributed by atoms with Crippen LogP contribution >= 0.6 is 0 Å². The van der Waals surface area contributed by atoms with Gasteiger partial charge in [0.25, 0.3) is 0 Å². The molecule has 1 atom stereocenters. The quantitative estimate of drug-likeness (QED) is 0.679. The van der Waals surface area contributed by atoms with E-state index in [9.17, 15) is 0 Å². The molecule has 0 spiro atoms. The molecule has 1 nitrogen and oxygen atoms in total. The van der Waals surface area contributed by atoms with Crippen LogP contribution < -0.4 is 0 Å². The zero-order valence-electron chi connectivity index (χ0n) is 9.45. The minimum absolute atomic E-state index is 0.716. The van der Waals surface area contributed by atoms with Crippen LogP contribution in [-0.4, -0.2) is 18.0 Å². The first-order chi connectivity index (χ1) is 7.25. The molecule has 0 aromatic heterocycles. The largest absolute Gasteiger partial charge is 0.298 e. The van der Waals surface area contributed by atoms with Crippen molar-refractivity contribution in [2.45, 2.75) is 19.9 Å². The Bertz CT molecular complexity index is 328. The van der Waals surface area contributed by atoms with Crippen LogP contribution in [-0.2, 0) is 6.54 Å². The Kier molecular flexibility index (Phi) is 3.22. The maximum absolute atomic E-state index is 4.05. The van der Waals surface area contributed by atoms with Crippen LogP contribution in [0.1, 0.15) is 18.9 Å². The highest BCUT2D eigenvalue weighted by molar-refractivity contribution is 5.15. The first-order valence-electron chi connectivity index (χ1n) is 5.67. The summed E-state index contributed by atoms with van der Waals surface area (Å²) >= 11 is 0. The van der Waals surface area contributed by atoms with E-state index in [-0.39, 0.29) is 0 Å². The van der Waals surface area contributed by atoms with Crippen molar-refractivity contribution in [3.05, 3.63) is 48.0 Å². The molecule has 0 saturated carbocycles. The zero-order chi connectivity index (χ0) is 10.7. The average molecular weight is 201 g/mol. The molecule has 1 heterocycles. The van der Waals surface area contributed by atoms with Crippen molar-refractivity contribution < 1.29 is 0 Å². The van der Waals surface area contributed by atoms with E-state index in [2.05, 4.69) is 48.7 Å². The molecule has 0 amide bonds. The van der Waals surface area contributed by atoms with E-state index in [4.69, 9.17) is 0 Å². The van der Waals surface area contributed by atoms with Gasteiger partial charge in [-0.3, -0.25) is 4.90 Å². The summed E-state index contributed by atoms with van der Waals surface area (Å²) in [5, 5.41) is 0. The Morgan fingerprint density at radius 3 is 2.73 bits per heavy atom. The number of nitrogens with zero attached hydrogens (tertiary/aromatic N) is 1. The molecule has 1 aromatic rings. The Morgan fingerprint density at radius 1 is 1.40 bits per heavy atom. The van der Waals surface area contributed by atoms with E-state index in [0.29, 0.717) is 5.92 Å². The highest BCUT2D eigenvalue weighted by Gasteiger charge is 2.22. The third-order valence-electron chi connectivity index (χ3n) is 3.22. The first kappa shape index (κ1) is 10.4. The van der Waals surface area contributed by atoms with Gasteiger partial charge < -0.3 is 0 Å². The van der Waals surface area contributed by atoms with Gasteiger partial charge in [0.1, 0.15) is 0 Å². The van der Waals surface area contributed by atoms with Crippen LogP contribution in [0.2, 0.25) is 0 Å². The highest BCUT2D eigenvalue weighted by Crippen LogP contribution is 2.23. The average Bonchev–Trinajstić information content (AvgIpc) is 2.68. The van der Waals surface area contributed by atoms with E-state index in [1.54, 1.807) is 0 Å². The van der Waals surface area contributed by atoms with Crippen molar-refractivity contribution >= 4 is 0 Å². The SMILES string of the molecule is C=C(C)C1CCN(Cc2ccccc2)C1. The molecule has 1 aromatic carbocycles. The Hall–Kier alpha value is -1.08. The third kappa shape index (κ3) is 2.69. The third-order valence-corrected chi connectivity index (χ3v) is 3.22. The molecule has 1 aliphatic heterocycles. The molecule has 15 heavy (non-hydrogen) atoms. The molecular formula is C14H19N. The smallest absolute Gasteiger partial charge is 0.0233 e. The van der Waals surface area contributed by atoms with Gasteiger partial charge in [0.2, 0.25) is 0 Å². The lowest BCUT2D eigenvalue weighted by molar-refractivity contribution is 0.322. The maximum atomic E-state index is 4.05. The van der Waals surface area contributed by atoms with Gasteiger partial charge in [-0.05, 0) is 31.4 Å². The predicted molar refractivity (Wildman–Crippen MR) is 64.6 cm³/mol. The molecule has 1 heteroatoms. The summed E-state index contributed by atoms with van der Waals surface area (Å²) in [7, 11) is 0. The summed E-state index contributed by atoms with van der Waals surface area (Å²) in [6.45, 7) is 9.69. The van der Waals surface area contributed by atoms with Crippen LogP contribution in [0.5, 0.6) is 0 Å². The lowest BCUT2D eigenvalue weighted by atomic mass is 10.0. The van der Waals surface area contributed by atoms with Crippen molar-refractivity contribution in [2.24, 2.45) is 5.92 Å². The van der Waals surface area contributed by atoms with Crippen molar-refractivity contribution in [3.63, 3.8) is 0 Å². The second kappa shape index (κ2) is 4.63. The Balaban J connectivity index is 1.90. The van der Waals surface area contributed by atoms with Crippen LogP contribution in [0.3, 0.4) is 0 Å². The first-order valence-corrected chi connectivity index (χ1v) is 5.67. The molecule has 80 valence electrons. The fourth-order valence-electron chi connectivity index (χ4n) is 2.22. The van der Waals surface area contributed by atoms with Gasteiger partial charge >= 0.3 is 0 Å². The van der Waals surface area contributed by atoms with Crippen molar-refractivity contribution in [3.8, 4) is 0 Å². The van der Waals surface area contributed by atoms with Crippen LogP contribution in [0.15, 0.2) is 42.5 Å². The minimum atomic E-state index is 0.716. The molecule has 1 aliphatic rings. The number of rotatable bonds is 3. The van der Waals surface area contributed by atoms with E-state index < -0.39 is 0 Å². The molecule has 0 N–H and O–H groups in total. The Labute approximate surface area is 92.4 Å². The maximum Gasteiger partial charge on any atom is 0.0233 e. The predicted octanol–water partition coefficient (Wildman–Crippen LogP) is 3.08. The summed E-state index contributed by atoms with van der Waals surface area (Å²) in [5.41, 5.74) is 2.76. The van der Waals surface area contributed by atoms with Gasteiger partial charge in [-0.1, -0.05) is 42.5 Å². The summed E-state index contributed by atoms with van der Waals surface area (Å²) in [6, 6.07) is 10.7. The fraction of sp³-hybridized carbons (Fsp3) is 0.429. The second-order valence-corrected chi connectivity index (χ2v) is 4.55. The topological polar surface area (TPSA) is 3.24 Å². The van der Waals surface area contributed by atoms with E-state index >= 15 is 0 Å². The van der Waals surface area contributed by atoms with Gasteiger partial charge in [-0.25, -0.2) is 0 Å². The van der Waals surface area contributed by atoms with E-state index in [1.165, 1.54) is 30.6 Å². The van der Waals surface area contributed by atoms with Gasteiger partial charge in [0.15, 0.2) is 0 Å². The van der Waals surface area contributed by atoms with Crippen LogP contribution in [0, 0.1) is 5.92 Å². The molecule has 0 bridgehead atoms. The Morgan fingerprint density at radius 2 is 2.13 bits per heavy atom. The molecule has 1 unspecified atom stereocenters. The van der Waals surface area contributed by atoms with Gasteiger partial charge in [0.05, 0.1) is 0 Å². The highest BCUT2D eigenvalue weighted by atomic mass is 15.1. The van der Waals surface area contributed by atoms with Crippen molar-refractivity contribution in [1.82, 2.24) is 4.90 Å². The van der Waals surface area contributed by atoms with Crippen molar-refractivity contribution in [1.29, 1.82) is 0 Å². The van der Waals surface area contributed by atoms with Crippen LogP contribution in [0.25, 0.3) is 0 Å². The van der Waals surface area contributed by atoms with Gasteiger partial charge in [-0.15, -0.1) is 0 Å². The summed E-state index contributed by atoms with van der Waals surface area (Å²) in [6.07, 6.45) is 1.28. The van der Waals surface area contributed by atoms with E-state index in [1.807, 2.05) is 0 Å². The van der Waals surface area contributed by atoms with E-state index in [0.717, 1.165) is 6.54 Å². The lowest BCUT2D eigenvalue weighted by Gasteiger charge is -2.16. The molecule has 1 saturated heterocycles. The van der Waals surface area contributed by atoms with Crippen LogP contribution in [0.4, 0.5) is 0 Å². The summed E-state index contributed by atoms with van der Waals surface area (Å²) < 4.78 is 0. The molecular weight excluding hydrogens is 182 g/mol. The molecule has 2 rings (SSSR count). The number of hydrogen-bond acceptors (Lipinski definition) is 1.